The van der Waals surface area contributed by atoms with Crippen LogP contribution in [0.4, 0.5) is 0 Å². The highest BCUT2D eigenvalue weighted by Crippen LogP contribution is 2.31. The summed E-state index contributed by atoms with van der Waals surface area (Å²) in [5.74, 6) is 0.984. The average molecular weight is 319 g/mol. The third kappa shape index (κ3) is 2.96. The standard InChI is InChI=1S/C16H17NO4S/c1-9-11(16(20)22-10-5-3-2-4-6-10)7-13(21-9)14-15(19)12(18)8-17-14/h2-7,12,14-15,17-19H,8H2,1H3/t12-,14+,15-/m1/s1. The van der Waals surface area contributed by atoms with Gasteiger partial charge in [0.25, 0.3) is 0 Å². The molecule has 0 aliphatic carbocycles. The molecule has 5 nitrogen and oxygen atoms in total. The van der Waals surface area contributed by atoms with E-state index >= 15 is 0 Å². The van der Waals surface area contributed by atoms with Crippen molar-refractivity contribution in [1.29, 1.82) is 0 Å². The summed E-state index contributed by atoms with van der Waals surface area (Å²) in [5.41, 5.74) is 0.485. The Balaban J connectivity index is 1.79. The Kier molecular flexibility index (Phi) is 4.35. The molecule has 0 saturated carbocycles. The molecule has 1 aliphatic heterocycles. The summed E-state index contributed by atoms with van der Waals surface area (Å²) in [4.78, 5) is 13.2. The van der Waals surface area contributed by atoms with Crippen LogP contribution in [0.25, 0.3) is 0 Å². The molecule has 1 aliphatic rings. The minimum atomic E-state index is -0.935. The Morgan fingerprint density at radius 3 is 2.68 bits per heavy atom. The van der Waals surface area contributed by atoms with Gasteiger partial charge < -0.3 is 19.9 Å². The lowest BCUT2D eigenvalue weighted by Gasteiger charge is -2.12. The molecule has 0 spiro atoms. The second kappa shape index (κ2) is 6.26. The summed E-state index contributed by atoms with van der Waals surface area (Å²) >= 11 is 1.14. The van der Waals surface area contributed by atoms with E-state index in [2.05, 4.69) is 5.32 Å². The van der Waals surface area contributed by atoms with Gasteiger partial charge in [0.05, 0.1) is 17.7 Å². The molecule has 1 fully saturated rings. The Morgan fingerprint density at radius 1 is 1.32 bits per heavy atom. The number of aliphatic hydroxyl groups excluding tert-OH is 2. The van der Waals surface area contributed by atoms with E-state index in [1.807, 2.05) is 30.3 Å². The van der Waals surface area contributed by atoms with Crippen LogP contribution in [0.1, 0.15) is 27.9 Å². The molecule has 1 aromatic carbocycles. The lowest BCUT2D eigenvalue weighted by molar-refractivity contribution is 0.0368. The quantitative estimate of drug-likeness (QED) is 0.750. The third-order valence-electron chi connectivity index (χ3n) is 3.70. The molecule has 2 aromatic rings. The number of aliphatic hydroxyl groups is 2. The van der Waals surface area contributed by atoms with Gasteiger partial charge in [-0.15, -0.1) is 0 Å². The van der Waals surface area contributed by atoms with Crippen LogP contribution in [0.5, 0.6) is 0 Å². The van der Waals surface area contributed by atoms with Gasteiger partial charge in [-0.1, -0.05) is 18.2 Å². The highest BCUT2D eigenvalue weighted by atomic mass is 32.2. The Labute approximate surface area is 132 Å². The van der Waals surface area contributed by atoms with Gasteiger partial charge in [-0.2, -0.15) is 0 Å². The first-order valence-electron chi connectivity index (χ1n) is 7.03. The zero-order valence-corrected chi connectivity index (χ0v) is 12.8. The molecule has 1 saturated heterocycles. The fourth-order valence-corrected chi connectivity index (χ4v) is 3.31. The van der Waals surface area contributed by atoms with E-state index < -0.39 is 18.2 Å². The van der Waals surface area contributed by atoms with Gasteiger partial charge in [-0.05, 0) is 36.9 Å². The van der Waals surface area contributed by atoms with Crippen molar-refractivity contribution in [3.63, 3.8) is 0 Å². The number of benzene rings is 1. The fraction of sp³-hybridized carbons (Fsp3) is 0.312. The molecule has 3 rings (SSSR count). The van der Waals surface area contributed by atoms with Crippen molar-refractivity contribution in [2.75, 3.05) is 6.54 Å². The number of furan rings is 1. The van der Waals surface area contributed by atoms with Gasteiger partial charge in [0, 0.05) is 11.4 Å². The minimum absolute atomic E-state index is 0.105. The molecule has 22 heavy (non-hydrogen) atoms. The summed E-state index contributed by atoms with van der Waals surface area (Å²) in [6, 6.07) is 10.6. The summed E-state index contributed by atoms with van der Waals surface area (Å²) in [6.07, 6.45) is -1.76. The van der Waals surface area contributed by atoms with Crippen LogP contribution in [-0.2, 0) is 0 Å². The van der Waals surface area contributed by atoms with Crippen LogP contribution in [0.15, 0.2) is 45.7 Å². The summed E-state index contributed by atoms with van der Waals surface area (Å²) in [6.45, 7) is 2.02. The Morgan fingerprint density at radius 2 is 2.05 bits per heavy atom. The number of hydrogen-bond acceptors (Lipinski definition) is 6. The predicted octanol–water partition coefficient (Wildman–Crippen LogP) is 1.89. The Bertz CT molecular complexity index is 670. The Hall–Kier alpha value is -1.60. The molecule has 2 heterocycles. The zero-order chi connectivity index (χ0) is 15.7. The van der Waals surface area contributed by atoms with Gasteiger partial charge in [0.2, 0.25) is 5.12 Å². The van der Waals surface area contributed by atoms with Crippen LogP contribution in [-0.4, -0.2) is 34.1 Å². The first-order chi connectivity index (χ1) is 10.6. The van der Waals surface area contributed by atoms with E-state index in [0.29, 0.717) is 23.6 Å². The van der Waals surface area contributed by atoms with E-state index in [1.54, 1.807) is 13.0 Å². The second-order valence-electron chi connectivity index (χ2n) is 5.27. The first kappa shape index (κ1) is 15.3. The molecule has 6 heteroatoms. The van der Waals surface area contributed by atoms with E-state index in [9.17, 15) is 15.0 Å². The highest BCUT2D eigenvalue weighted by Gasteiger charge is 2.36. The highest BCUT2D eigenvalue weighted by molar-refractivity contribution is 8.14. The van der Waals surface area contributed by atoms with Crippen molar-refractivity contribution in [3.8, 4) is 0 Å². The maximum atomic E-state index is 12.4. The van der Waals surface area contributed by atoms with Crippen LogP contribution in [0.2, 0.25) is 0 Å². The predicted molar refractivity (Wildman–Crippen MR) is 82.8 cm³/mol. The molecular weight excluding hydrogens is 302 g/mol. The van der Waals surface area contributed by atoms with Crippen molar-refractivity contribution in [1.82, 2.24) is 5.32 Å². The number of β-amino-alcohol motifs (C(OH)–C–C–N with tert-alkyl or cyclic N) is 1. The zero-order valence-electron chi connectivity index (χ0n) is 12.0. The molecule has 0 radical (unpaired) electrons. The minimum Gasteiger partial charge on any atom is -0.464 e. The molecular formula is C16H17NO4S. The van der Waals surface area contributed by atoms with E-state index in [4.69, 9.17) is 4.42 Å². The molecule has 116 valence electrons. The van der Waals surface area contributed by atoms with Gasteiger partial charge in [-0.3, -0.25) is 4.79 Å². The third-order valence-corrected chi connectivity index (χ3v) is 4.61. The monoisotopic (exact) mass is 319 g/mol. The molecule has 0 amide bonds. The van der Waals surface area contributed by atoms with Crippen molar-refractivity contribution in [3.05, 3.63) is 53.5 Å². The van der Waals surface area contributed by atoms with E-state index in [1.165, 1.54) is 0 Å². The molecule has 0 unspecified atom stereocenters. The normalized spacial score (nSPS) is 24.6. The van der Waals surface area contributed by atoms with Gasteiger partial charge >= 0.3 is 0 Å². The van der Waals surface area contributed by atoms with Crippen molar-refractivity contribution >= 4 is 16.9 Å². The largest absolute Gasteiger partial charge is 0.464 e. The molecule has 3 N–H and O–H groups in total. The average Bonchev–Trinajstić information content (AvgIpc) is 3.04. The summed E-state index contributed by atoms with van der Waals surface area (Å²) in [5, 5.41) is 22.4. The van der Waals surface area contributed by atoms with Crippen molar-refractivity contribution in [2.45, 2.75) is 30.1 Å². The topological polar surface area (TPSA) is 82.7 Å². The number of aryl methyl sites for hydroxylation is 1. The lowest BCUT2D eigenvalue weighted by Crippen LogP contribution is -2.25. The number of hydrogen-bond donors (Lipinski definition) is 3. The van der Waals surface area contributed by atoms with Gasteiger partial charge in [0.1, 0.15) is 17.6 Å². The maximum Gasteiger partial charge on any atom is 0.227 e. The van der Waals surface area contributed by atoms with Crippen LogP contribution >= 0.6 is 11.8 Å². The van der Waals surface area contributed by atoms with Crippen molar-refractivity contribution in [2.24, 2.45) is 0 Å². The maximum absolute atomic E-state index is 12.4. The fourth-order valence-electron chi connectivity index (χ4n) is 2.49. The van der Waals surface area contributed by atoms with Crippen LogP contribution < -0.4 is 5.32 Å². The number of carbonyl (C=O) groups is 1. The first-order valence-corrected chi connectivity index (χ1v) is 7.85. The number of rotatable bonds is 3. The van der Waals surface area contributed by atoms with Gasteiger partial charge in [-0.25, -0.2) is 0 Å². The molecule has 3 atom stereocenters. The van der Waals surface area contributed by atoms with Gasteiger partial charge in [0.15, 0.2) is 0 Å². The van der Waals surface area contributed by atoms with Crippen LogP contribution in [0.3, 0.4) is 0 Å². The second-order valence-corrected chi connectivity index (χ2v) is 6.31. The van der Waals surface area contributed by atoms with E-state index in [-0.39, 0.29) is 5.12 Å². The summed E-state index contributed by atoms with van der Waals surface area (Å²) < 4.78 is 5.61. The number of carbonyl (C=O) groups excluding carboxylic acids is 1. The van der Waals surface area contributed by atoms with E-state index in [0.717, 1.165) is 16.7 Å². The summed E-state index contributed by atoms with van der Waals surface area (Å²) in [7, 11) is 0. The smallest absolute Gasteiger partial charge is 0.227 e. The lowest BCUT2D eigenvalue weighted by atomic mass is 10.1. The molecule has 1 aromatic heterocycles. The number of nitrogens with one attached hydrogen (secondary N) is 1. The number of thioether (sulfide) groups is 1. The van der Waals surface area contributed by atoms with Crippen LogP contribution in [0, 0.1) is 6.92 Å². The van der Waals surface area contributed by atoms with Crippen molar-refractivity contribution < 1.29 is 19.4 Å². The molecule has 0 bridgehead atoms. The SMILES string of the molecule is Cc1oc([C@@H]2NC[C@@H](O)[C@H]2O)cc1C(=O)Sc1ccccc1.